The van der Waals surface area contributed by atoms with Gasteiger partial charge in [-0.2, -0.15) is 22.0 Å². The minimum Gasteiger partial charge on any atom is -0.490 e. The van der Waals surface area contributed by atoms with E-state index in [0.29, 0.717) is 12.4 Å². The molecule has 3 aromatic carbocycles. The van der Waals surface area contributed by atoms with Gasteiger partial charge in [-0.05, 0) is 60.8 Å². The van der Waals surface area contributed by atoms with Crippen molar-refractivity contribution < 1.29 is 40.6 Å². The predicted molar refractivity (Wildman–Crippen MR) is 107 cm³/mol. The number of ether oxygens (including phenoxy) is 3. The van der Waals surface area contributed by atoms with Crippen LogP contribution < -0.4 is 14.2 Å². The molecule has 0 saturated carbocycles. The minimum absolute atomic E-state index is 0.0945. The molecule has 0 heterocycles. The molecular weight excluding hydrogens is 438 g/mol. The van der Waals surface area contributed by atoms with Gasteiger partial charge in [0, 0.05) is 5.39 Å². The lowest BCUT2D eigenvalue weighted by Crippen LogP contribution is -2.21. The first kappa shape index (κ1) is 23.3. The van der Waals surface area contributed by atoms with Crippen LogP contribution in [0.5, 0.6) is 17.2 Å². The molecule has 0 unspecified atom stereocenters. The Bertz CT molecular complexity index is 1090. The highest BCUT2D eigenvalue weighted by Crippen LogP contribution is 2.35. The number of fused-ring (bicyclic) bond motifs is 1. The van der Waals surface area contributed by atoms with Gasteiger partial charge in [0.25, 0.3) is 0 Å². The number of allylic oxidation sites excluding steroid dienone is 1. The lowest BCUT2D eigenvalue weighted by molar-refractivity contribution is -0.185. The van der Waals surface area contributed by atoms with Crippen LogP contribution in [0.15, 0.2) is 66.7 Å². The van der Waals surface area contributed by atoms with Crippen molar-refractivity contribution in [3.63, 3.8) is 0 Å². The summed E-state index contributed by atoms with van der Waals surface area (Å²) in [4.78, 5) is 0. The fourth-order valence-corrected chi connectivity index (χ4v) is 2.78. The standard InChI is InChI=1S/C23H18F6O3/c1-2-3-12-30-17-7-5-16(6-8-17)23(28,29)32-18-9-10-19-15(13-18)4-11-20(21(19)24)31-14-22(25,26)27/h2-11,13H,12,14H2,1H3. The highest BCUT2D eigenvalue weighted by Gasteiger charge is 2.34. The fourth-order valence-electron chi connectivity index (χ4n) is 2.78. The van der Waals surface area contributed by atoms with Gasteiger partial charge in [0.1, 0.15) is 18.1 Å². The average Bonchev–Trinajstić information content (AvgIpc) is 2.73. The molecule has 0 bridgehead atoms. The molecule has 3 aromatic rings. The zero-order chi connectivity index (χ0) is 23.4. The maximum absolute atomic E-state index is 14.6. The van der Waals surface area contributed by atoms with E-state index >= 15 is 0 Å². The predicted octanol–water partition coefficient (Wildman–Crippen LogP) is 7.00. The Morgan fingerprint density at radius 1 is 0.844 bits per heavy atom. The highest BCUT2D eigenvalue weighted by atomic mass is 19.4. The Morgan fingerprint density at radius 2 is 1.53 bits per heavy atom. The van der Waals surface area contributed by atoms with Crippen molar-refractivity contribution in [3.8, 4) is 17.2 Å². The third kappa shape index (κ3) is 5.87. The maximum atomic E-state index is 14.6. The molecule has 32 heavy (non-hydrogen) atoms. The lowest BCUT2D eigenvalue weighted by Gasteiger charge is -2.19. The number of hydrogen-bond donors (Lipinski definition) is 0. The number of halogens is 6. The molecule has 0 aliphatic carbocycles. The van der Waals surface area contributed by atoms with Crippen molar-refractivity contribution >= 4 is 10.8 Å². The Morgan fingerprint density at radius 3 is 2.19 bits per heavy atom. The summed E-state index contributed by atoms with van der Waals surface area (Å²) in [5.74, 6) is -1.46. The van der Waals surface area contributed by atoms with Gasteiger partial charge in [-0.3, -0.25) is 0 Å². The SMILES string of the molecule is CC=CCOc1ccc(C(F)(F)Oc2ccc3c(F)c(OCC(F)(F)F)ccc3c2)cc1. The molecular formula is C23H18F6O3. The molecule has 3 rings (SSSR count). The summed E-state index contributed by atoms with van der Waals surface area (Å²) < 4.78 is 95.0. The van der Waals surface area contributed by atoms with Gasteiger partial charge in [-0.15, -0.1) is 0 Å². The normalized spacial score (nSPS) is 12.3. The van der Waals surface area contributed by atoms with Crippen molar-refractivity contribution in [2.24, 2.45) is 0 Å². The van der Waals surface area contributed by atoms with Crippen LogP contribution in [0.2, 0.25) is 0 Å². The second-order valence-corrected chi connectivity index (χ2v) is 6.69. The van der Waals surface area contributed by atoms with Crippen LogP contribution >= 0.6 is 0 Å². The van der Waals surface area contributed by atoms with Crippen LogP contribution in [0.25, 0.3) is 10.8 Å². The first-order valence-corrected chi connectivity index (χ1v) is 9.42. The van der Waals surface area contributed by atoms with Gasteiger partial charge in [-0.1, -0.05) is 18.2 Å². The Balaban J connectivity index is 1.76. The fraction of sp³-hybridized carbons (Fsp3) is 0.217. The van der Waals surface area contributed by atoms with Gasteiger partial charge in [0.15, 0.2) is 18.2 Å². The second kappa shape index (κ2) is 9.42. The number of benzene rings is 3. The van der Waals surface area contributed by atoms with Gasteiger partial charge in [-0.25, -0.2) is 4.39 Å². The van der Waals surface area contributed by atoms with E-state index in [1.54, 1.807) is 12.2 Å². The molecule has 3 nitrogen and oxygen atoms in total. The van der Waals surface area contributed by atoms with Crippen molar-refractivity contribution in [1.29, 1.82) is 0 Å². The van der Waals surface area contributed by atoms with Crippen LogP contribution in [0, 0.1) is 5.82 Å². The molecule has 0 aliphatic rings. The smallest absolute Gasteiger partial charge is 0.426 e. The number of alkyl halides is 5. The number of rotatable bonds is 8. The van der Waals surface area contributed by atoms with Gasteiger partial charge < -0.3 is 14.2 Å². The topological polar surface area (TPSA) is 27.7 Å². The Hall–Kier alpha value is -3.36. The molecule has 170 valence electrons. The van der Waals surface area contributed by atoms with E-state index in [2.05, 4.69) is 4.74 Å². The van der Waals surface area contributed by atoms with Crippen LogP contribution in [-0.2, 0) is 6.11 Å². The van der Waals surface area contributed by atoms with Crippen molar-refractivity contribution in [1.82, 2.24) is 0 Å². The van der Waals surface area contributed by atoms with Crippen molar-refractivity contribution in [2.75, 3.05) is 13.2 Å². The van der Waals surface area contributed by atoms with E-state index in [1.165, 1.54) is 18.2 Å². The van der Waals surface area contributed by atoms with Gasteiger partial charge >= 0.3 is 12.3 Å². The van der Waals surface area contributed by atoms with Crippen LogP contribution in [0.1, 0.15) is 12.5 Å². The zero-order valence-corrected chi connectivity index (χ0v) is 16.8. The second-order valence-electron chi connectivity index (χ2n) is 6.69. The number of hydrogen-bond acceptors (Lipinski definition) is 3. The molecule has 0 aromatic heterocycles. The van der Waals surface area contributed by atoms with Crippen molar-refractivity contribution in [2.45, 2.75) is 19.2 Å². The summed E-state index contributed by atoms with van der Waals surface area (Å²) in [6, 6.07) is 10.7. The molecule has 0 N–H and O–H groups in total. The highest BCUT2D eigenvalue weighted by molar-refractivity contribution is 5.86. The summed E-state index contributed by atoms with van der Waals surface area (Å²) in [7, 11) is 0. The van der Waals surface area contributed by atoms with E-state index in [-0.39, 0.29) is 16.5 Å². The monoisotopic (exact) mass is 456 g/mol. The zero-order valence-electron chi connectivity index (χ0n) is 16.8. The van der Waals surface area contributed by atoms with Gasteiger partial charge in [0.05, 0.1) is 5.56 Å². The minimum atomic E-state index is -4.62. The van der Waals surface area contributed by atoms with Crippen LogP contribution in [0.3, 0.4) is 0 Å². The molecule has 0 atom stereocenters. The average molecular weight is 456 g/mol. The summed E-state index contributed by atoms with van der Waals surface area (Å²) in [6.45, 7) is 0.480. The first-order chi connectivity index (χ1) is 15.1. The molecule has 0 fully saturated rings. The van der Waals surface area contributed by atoms with E-state index in [4.69, 9.17) is 9.47 Å². The quantitative estimate of drug-likeness (QED) is 0.270. The molecule has 0 spiro atoms. The molecule has 0 saturated heterocycles. The summed E-state index contributed by atoms with van der Waals surface area (Å²) >= 11 is 0. The first-order valence-electron chi connectivity index (χ1n) is 9.42. The van der Waals surface area contributed by atoms with E-state index in [0.717, 1.165) is 36.4 Å². The lowest BCUT2D eigenvalue weighted by atomic mass is 10.1. The third-order valence-electron chi connectivity index (χ3n) is 4.30. The Kier molecular flexibility index (Phi) is 6.86. The summed E-state index contributed by atoms with van der Waals surface area (Å²) in [5, 5.41) is 0.0610. The largest absolute Gasteiger partial charge is 0.490 e. The van der Waals surface area contributed by atoms with Gasteiger partial charge in [0.2, 0.25) is 0 Å². The molecule has 0 amide bonds. The molecule has 0 aliphatic heterocycles. The third-order valence-corrected chi connectivity index (χ3v) is 4.30. The van der Waals surface area contributed by atoms with Crippen LogP contribution in [-0.4, -0.2) is 19.4 Å². The molecule has 0 radical (unpaired) electrons. The Labute approximate surface area is 179 Å². The van der Waals surface area contributed by atoms with Crippen LogP contribution in [0.4, 0.5) is 26.3 Å². The molecule has 9 heteroatoms. The van der Waals surface area contributed by atoms with Crippen molar-refractivity contribution in [3.05, 3.63) is 78.1 Å². The summed E-state index contributed by atoms with van der Waals surface area (Å²) in [6.07, 6.45) is -4.76. The van der Waals surface area contributed by atoms with E-state index in [9.17, 15) is 26.3 Å². The summed E-state index contributed by atoms with van der Waals surface area (Å²) in [5.41, 5.74) is -0.418. The van der Waals surface area contributed by atoms with E-state index < -0.39 is 36.0 Å². The van der Waals surface area contributed by atoms with E-state index in [1.807, 2.05) is 6.92 Å². The maximum Gasteiger partial charge on any atom is 0.426 e.